The number of rotatable bonds is 3. The molecular weight excluding hydrogens is 454 g/mol. The van der Waals surface area contributed by atoms with Gasteiger partial charge in [0.2, 0.25) is 0 Å². The Labute approximate surface area is 144 Å². The average Bonchev–Trinajstić information content (AvgIpc) is 2.37. The Balaban J connectivity index is 2.60. The van der Waals surface area contributed by atoms with Crippen LogP contribution >= 0.6 is 50.1 Å². The highest BCUT2D eigenvalue weighted by Crippen LogP contribution is 2.28. The largest absolute Gasteiger partial charge is 0.306 e. The van der Waals surface area contributed by atoms with Gasteiger partial charge in [-0.05, 0) is 53.1 Å². The van der Waals surface area contributed by atoms with Crippen LogP contribution in [0.15, 0.2) is 27.5 Å². The van der Waals surface area contributed by atoms with Crippen LogP contribution in [-0.4, -0.2) is 9.97 Å². The van der Waals surface area contributed by atoms with E-state index < -0.39 is 0 Å². The number of aromatic amines is 1. The quantitative estimate of drug-likeness (QED) is 0.668. The minimum Gasteiger partial charge on any atom is -0.306 e. The maximum atomic E-state index is 12.1. The molecule has 0 saturated carbocycles. The van der Waals surface area contributed by atoms with Gasteiger partial charge in [-0.3, -0.25) is 4.79 Å². The zero-order chi connectivity index (χ0) is 14.9. The standard InChI is InChI=1S/C14H13BrClIN2O/c1-7(2)5-11-12(17)14(20)19-13(18-11)9-6-8(15)3-4-10(9)16/h3-4,6-7H,5H2,1-2H3,(H,18,19,20). The molecule has 0 aliphatic rings. The molecule has 1 aromatic heterocycles. The summed E-state index contributed by atoms with van der Waals surface area (Å²) < 4.78 is 1.54. The molecule has 3 nitrogen and oxygen atoms in total. The first-order valence-corrected chi connectivity index (χ1v) is 8.37. The highest BCUT2D eigenvalue weighted by Gasteiger charge is 2.13. The van der Waals surface area contributed by atoms with Gasteiger partial charge < -0.3 is 4.98 Å². The van der Waals surface area contributed by atoms with E-state index in [0.717, 1.165) is 22.2 Å². The zero-order valence-electron chi connectivity index (χ0n) is 11.0. The Kier molecular flexibility index (Phi) is 5.25. The molecule has 1 heterocycles. The second-order valence-corrected chi connectivity index (χ2v) is 7.30. The number of nitrogens with one attached hydrogen (secondary N) is 1. The van der Waals surface area contributed by atoms with E-state index in [1.807, 2.05) is 34.7 Å². The molecule has 20 heavy (non-hydrogen) atoms. The number of halogens is 3. The molecule has 0 fully saturated rings. The predicted octanol–water partition coefficient (Wildman–Crippen LogP) is 4.66. The minimum absolute atomic E-state index is 0.123. The first kappa shape index (κ1) is 16.0. The highest BCUT2D eigenvalue weighted by molar-refractivity contribution is 14.1. The third-order valence-corrected chi connectivity index (χ3v) is 4.65. The first-order chi connectivity index (χ1) is 9.38. The van der Waals surface area contributed by atoms with Crippen LogP contribution in [0.5, 0.6) is 0 Å². The summed E-state index contributed by atoms with van der Waals surface area (Å²) in [6, 6.07) is 5.49. The molecule has 0 spiro atoms. The molecule has 0 bridgehead atoms. The summed E-state index contributed by atoms with van der Waals surface area (Å²) in [4.78, 5) is 19.4. The predicted molar refractivity (Wildman–Crippen MR) is 94.3 cm³/mol. The van der Waals surface area contributed by atoms with Crippen LogP contribution in [0.4, 0.5) is 0 Å². The zero-order valence-corrected chi connectivity index (χ0v) is 15.5. The van der Waals surface area contributed by atoms with Crippen molar-refractivity contribution in [3.05, 3.63) is 47.3 Å². The Hall–Kier alpha value is -0.400. The maximum Gasteiger partial charge on any atom is 0.264 e. The molecule has 0 amide bonds. The lowest BCUT2D eigenvalue weighted by Gasteiger charge is -2.10. The highest BCUT2D eigenvalue weighted by atomic mass is 127. The lowest BCUT2D eigenvalue weighted by molar-refractivity contribution is 0.631. The van der Waals surface area contributed by atoms with Crippen LogP contribution in [0.3, 0.4) is 0 Å². The summed E-state index contributed by atoms with van der Waals surface area (Å²) in [5.74, 6) is 0.945. The van der Waals surface area contributed by atoms with Crippen LogP contribution in [0.2, 0.25) is 5.02 Å². The summed E-state index contributed by atoms with van der Waals surface area (Å²) in [5.41, 5.74) is 1.41. The maximum absolute atomic E-state index is 12.1. The van der Waals surface area contributed by atoms with Crippen molar-refractivity contribution in [2.24, 2.45) is 5.92 Å². The summed E-state index contributed by atoms with van der Waals surface area (Å²) in [6.07, 6.45) is 0.765. The Morgan fingerprint density at radius 3 is 2.80 bits per heavy atom. The van der Waals surface area contributed by atoms with Gasteiger partial charge >= 0.3 is 0 Å². The van der Waals surface area contributed by atoms with Crippen molar-refractivity contribution in [2.75, 3.05) is 0 Å². The third kappa shape index (κ3) is 3.62. The van der Waals surface area contributed by atoms with Crippen molar-refractivity contribution in [2.45, 2.75) is 20.3 Å². The SMILES string of the molecule is CC(C)Cc1nc(-c2cc(Br)ccc2Cl)[nH]c(=O)c1I. The van der Waals surface area contributed by atoms with E-state index in [2.05, 4.69) is 39.7 Å². The topological polar surface area (TPSA) is 45.8 Å². The summed E-state index contributed by atoms with van der Waals surface area (Å²) in [7, 11) is 0. The minimum atomic E-state index is -0.123. The third-order valence-electron chi connectivity index (χ3n) is 2.72. The fourth-order valence-corrected chi connectivity index (χ4v) is 2.88. The van der Waals surface area contributed by atoms with Crippen LogP contribution in [0, 0.1) is 9.49 Å². The van der Waals surface area contributed by atoms with Gasteiger partial charge in [0.1, 0.15) is 5.82 Å². The van der Waals surface area contributed by atoms with Crippen molar-refractivity contribution >= 4 is 50.1 Å². The molecule has 1 aromatic carbocycles. The van der Waals surface area contributed by atoms with Crippen LogP contribution < -0.4 is 5.56 Å². The summed E-state index contributed by atoms with van der Waals surface area (Å²) in [5, 5.41) is 0.563. The number of hydrogen-bond acceptors (Lipinski definition) is 2. The molecule has 0 aliphatic heterocycles. The number of aromatic nitrogens is 2. The second kappa shape index (κ2) is 6.58. The second-order valence-electron chi connectivity index (χ2n) is 4.90. The van der Waals surface area contributed by atoms with Gasteiger partial charge in [-0.15, -0.1) is 0 Å². The van der Waals surface area contributed by atoms with Crippen LogP contribution in [-0.2, 0) is 6.42 Å². The first-order valence-electron chi connectivity index (χ1n) is 6.12. The van der Waals surface area contributed by atoms with Gasteiger partial charge in [0, 0.05) is 10.0 Å². The van der Waals surface area contributed by atoms with E-state index >= 15 is 0 Å². The normalized spacial score (nSPS) is 11.1. The van der Waals surface area contributed by atoms with Crippen molar-refractivity contribution in [3.8, 4) is 11.4 Å². The van der Waals surface area contributed by atoms with Crippen LogP contribution in [0.1, 0.15) is 19.5 Å². The van der Waals surface area contributed by atoms with Crippen molar-refractivity contribution in [3.63, 3.8) is 0 Å². The Morgan fingerprint density at radius 1 is 1.45 bits per heavy atom. The van der Waals surface area contributed by atoms with E-state index in [1.165, 1.54) is 0 Å². The van der Waals surface area contributed by atoms with E-state index in [0.29, 0.717) is 20.3 Å². The lowest BCUT2D eigenvalue weighted by atomic mass is 10.1. The van der Waals surface area contributed by atoms with Gasteiger partial charge in [-0.2, -0.15) is 0 Å². The van der Waals surface area contributed by atoms with Gasteiger partial charge in [0.15, 0.2) is 0 Å². The van der Waals surface area contributed by atoms with E-state index in [9.17, 15) is 4.79 Å². The Bertz CT molecular complexity index is 700. The van der Waals surface area contributed by atoms with Gasteiger partial charge in [0.05, 0.1) is 14.3 Å². The van der Waals surface area contributed by atoms with Crippen LogP contribution in [0.25, 0.3) is 11.4 Å². The number of nitrogens with zero attached hydrogens (tertiary/aromatic N) is 1. The summed E-state index contributed by atoms with van der Waals surface area (Å²) >= 11 is 11.6. The van der Waals surface area contributed by atoms with Gasteiger partial charge in [-0.1, -0.05) is 41.4 Å². The Morgan fingerprint density at radius 2 is 2.15 bits per heavy atom. The van der Waals surface area contributed by atoms with Crippen molar-refractivity contribution < 1.29 is 0 Å². The van der Waals surface area contributed by atoms with Crippen molar-refractivity contribution in [1.82, 2.24) is 9.97 Å². The molecule has 0 radical (unpaired) electrons. The number of H-pyrrole nitrogens is 1. The molecule has 1 N–H and O–H groups in total. The lowest BCUT2D eigenvalue weighted by Crippen LogP contribution is -2.17. The molecule has 6 heteroatoms. The monoisotopic (exact) mass is 466 g/mol. The van der Waals surface area contributed by atoms with E-state index in [4.69, 9.17) is 11.6 Å². The van der Waals surface area contributed by atoms with Gasteiger partial charge in [0.25, 0.3) is 5.56 Å². The fourth-order valence-electron chi connectivity index (χ4n) is 1.83. The van der Waals surface area contributed by atoms with Crippen molar-refractivity contribution in [1.29, 1.82) is 0 Å². The average molecular weight is 468 g/mol. The molecular formula is C14H13BrClIN2O. The number of hydrogen-bond donors (Lipinski definition) is 1. The van der Waals surface area contributed by atoms with Gasteiger partial charge in [-0.25, -0.2) is 4.98 Å². The molecule has 106 valence electrons. The molecule has 2 aromatic rings. The molecule has 2 rings (SSSR count). The molecule has 0 saturated heterocycles. The molecule has 0 atom stereocenters. The van der Waals surface area contributed by atoms with E-state index in [1.54, 1.807) is 6.07 Å². The molecule has 0 unspecified atom stereocenters. The fraction of sp³-hybridized carbons (Fsp3) is 0.286. The number of benzene rings is 1. The van der Waals surface area contributed by atoms with E-state index in [-0.39, 0.29) is 5.56 Å². The smallest absolute Gasteiger partial charge is 0.264 e. The summed E-state index contributed by atoms with van der Waals surface area (Å²) in [6.45, 7) is 4.20. The molecule has 0 aliphatic carbocycles.